The summed E-state index contributed by atoms with van der Waals surface area (Å²) in [7, 11) is 0. The Labute approximate surface area is 95.6 Å². The molecule has 1 aliphatic carbocycles. The van der Waals surface area contributed by atoms with E-state index in [1.54, 1.807) is 0 Å². The van der Waals surface area contributed by atoms with Gasteiger partial charge < -0.3 is 4.74 Å². The van der Waals surface area contributed by atoms with Gasteiger partial charge in [-0.3, -0.25) is 0 Å². The fourth-order valence-electron chi connectivity index (χ4n) is 2.81. The molecule has 0 spiro atoms. The topological polar surface area (TPSA) is 9.23 Å². The Balaban J connectivity index is 2.49. The normalized spacial score (nSPS) is 28.8. The highest BCUT2D eigenvalue weighted by Gasteiger charge is 2.32. The van der Waals surface area contributed by atoms with E-state index in [2.05, 4.69) is 41.5 Å². The van der Waals surface area contributed by atoms with Crippen LogP contribution in [0.3, 0.4) is 0 Å². The third-order valence-electron chi connectivity index (χ3n) is 3.45. The van der Waals surface area contributed by atoms with Gasteiger partial charge in [0.15, 0.2) is 0 Å². The molecule has 1 nitrogen and oxygen atoms in total. The van der Waals surface area contributed by atoms with E-state index in [4.69, 9.17) is 4.74 Å². The van der Waals surface area contributed by atoms with Gasteiger partial charge in [-0.05, 0) is 58.3 Å². The average Bonchev–Trinajstić information content (AvgIpc) is 1.99. The molecule has 90 valence electrons. The Morgan fingerprint density at radius 3 is 2.33 bits per heavy atom. The Morgan fingerprint density at radius 1 is 1.27 bits per heavy atom. The van der Waals surface area contributed by atoms with Crippen LogP contribution in [0.5, 0.6) is 0 Å². The lowest BCUT2D eigenvalue weighted by molar-refractivity contribution is -0.0898. The fraction of sp³-hybridized carbons (Fsp3) is 1.00. The van der Waals surface area contributed by atoms with Crippen LogP contribution in [0, 0.1) is 11.3 Å². The van der Waals surface area contributed by atoms with E-state index in [9.17, 15) is 0 Å². The van der Waals surface area contributed by atoms with E-state index in [1.165, 1.54) is 25.7 Å². The first-order chi connectivity index (χ1) is 6.70. The second-order valence-corrected chi connectivity index (χ2v) is 6.96. The highest BCUT2D eigenvalue weighted by atomic mass is 16.5. The second-order valence-electron chi connectivity index (χ2n) is 6.96. The van der Waals surface area contributed by atoms with Crippen LogP contribution in [0.1, 0.15) is 67.2 Å². The molecular weight excluding hydrogens is 184 g/mol. The van der Waals surface area contributed by atoms with Crippen molar-refractivity contribution in [2.24, 2.45) is 11.3 Å². The summed E-state index contributed by atoms with van der Waals surface area (Å²) < 4.78 is 6.07. The van der Waals surface area contributed by atoms with Gasteiger partial charge in [0, 0.05) is 0 Å². The molecule has 1 saturated carbocycles. The molecule has 2 atom stereocenters. The minimum atomic E-state index is 0.000999. The Morgan fingerprint density at radius 2 is 1.87 bits per heavy atom. The molecule has 15 heavy (non-hydrogen) atoms. The molecule has 0 aliphatic heterocycles. The highest BCUT2D eigenvalue weighted by Crippen LogP contribution is 2.40. The average molecular weight is 212 g/mol. The lowest BCUT2D eigenvalue weighted by Gasteiger charge is -2.39. The van der Waals surface area contributed by atoms with Gasteiger partial charge in [0.25, 0.3) is 0 Å². The van der Waals surface area contributed by atoms with E-state index >= 15 is 0 Å². The van der Waals surface area contributed by atoms with Gasteiger partial charge in [-0.2, -0.15) is 0 Å². The number of rotatable bonds is 2. The summed E-state index contributed by atoms with van der Waals surface area (Å²) in [6, 6.07) is 0. The summed E-state index contributed by atoms with van der Waals surface area (Å²) in [4.78, 5) is 0. The van der Waals surface area contributed by atoms with Gasteiger partial charge in [-0.1, -0.05) is 20.3 Å². The number of hydrogen-bond acceptors (Lipinski definition) is 1. The minimum Gasteiger partial charge on any atom is -0.373 e. The quantitative estimate of drug-likeness (QED) is 0.659. The monoisotopic (exact) mass is 212 g/mol. The fourth-order valence-corrected chi connectivity index (χ4v) is 2.81. The summed E-state index contributed by atoms with van der Waals surface area (Å²) in [5, 5.41) is 0. The standard InChI is InChI=1S/C14H28O/c1-11(15-13(2,3)4)12-8-7-9-14(5,6)10-12/h11-12H,7-10H2,1-6H3. The SMILES string of the molecule is CC(OC(C)(C)C)C1CCCC(C)(C)C1. The zero-order valence-electron chi connectivity index (χ0n) is 11.4. The number of hydrogen-bond donors (Lipinski definition) is 0. The van der Waals surface area contributed by atoms with E-state index in [-0.39, 0.29) is 5.60 Å². The zero-order valence-corrected chi connectivity index (χ0v) is 11.4. The second kappa shape index (κ2) is 4.45. The molecule has 1 rings (SSSR count). The van der Waals surface area contributed by atoms with Crippen molar-refractivity contribution in [3.8, 4) is 0 Å². The first-order valence-electron chi connectivity index (χ1n) is 6.37. The van der Waals surface area contributed by atoms with Crippen LogP contribution in [-0.4, -0.2) is 11.7 Å². The van der Waals surface area contributed by atoms with Crippen LogP contribution in [0.25, 0.3) is 0 Å². The van der Waals surface area contributed by atoms with E-state index in [0.717, 1.165) is 5.92 Å². The Bertz CT molecular complexity index is 200. The van der Waals surface area contributed by atoms with Crippen molar-refractivity contribution in [1.29, 1.82) is 0 Å². The summed E-state index contributed by atoms with van der Waals surface area (Å²) >= 11 is 0. The van der Waals surface area contributed by atoms with Crippen LogP contribution >= 0.6 is 0 Å². The molecule has 1 fully saturated rings. The van der Waals surface area contributed by atoms with Gasteiger partial charge in [0.05, 0.1) is 11.7 Å². The minimum absolute atomic E-state index is 0.000999. The maximum Gasteiger partial charge on any atom is 0.0602 e. The first kappa shape index (κ1) is 13.0. The molecule has 1 heteroatoms. The third-order valence-corrected chi connectivity index (χ3v) is 3.45. The van der Waals surface area contributed by atoms with Crippen molar-refractivity contribution in [1.82, 2.24) is 0 Å². The van der Waals surface area contributed by atoms with E-state index < -0.39 is 0 Å². The summed E-state index contributed by atoms with van der Waals surface area (Å²) in [6.07, 6.45) is 5.83. The van der Waals surface area contributed by atoms with Crippen molar-refractivity contribution in [3.05, 3.63) is 0 Å². The first-order valence-corrected chi connectivity index (χ1v) is 6.37. The summed E-state index contributed by atoms with van der Waals surface area (Å²) in [6.45, 7) is 13.5. The molecule has 0 saturated heterocycles. The number of ether oxygens (including phenoxy) is 1. The van der Waals surface area contributed by atoms with Gasteiger partial charge >= 0.3 is 0 Å². The van der Waals surface area contributed by atoms with Crippen LogP contribution < -0.4 is 0 Å². The lowest BCUT2D eigenvalue weighted by atomic mass is 9.71. The molecule has 0 aromatic carbocycles. The van der Waals surface area contributed by atoms with Gasteiger partial charge in [0.2, 0.25) is 0 Å². The van der Waals surface area contributed by atoms with Gasteiger partial charge in [0.1, 0.15) is 0 Å². The molecule has 2 unspecified atom stereocenters. The van der Waals surface area contributed by atoms with Crippen molar-refractivity contribution < 1.29 is 4.74 Å². The lowest BCUT2D eigenvalue weighted by Crippen LogP contribution is -2.35. The largest absolute Gasteiger partial charge is 0.373 e. The maximum absolute atomic E-state index is 6.07. The molecule has 0 bridgehead atoms. The Kier molecular flexibility index (Phi) is 3.86. The van der Waals surface area contributed by atoms with Crippen molar-refractivity contribution in [3.63, 3.8) is 0 Å². The van der Waals surface area contributed by atoms with Crippen LogP contribution in [0.15, 0.2) is 0 Å². The molecule has 0 aromatic rings. The highest BCUT2D eigenvalue weighted by molar-refractivity contribution is 4.83. The third kappa shape index (κ3) is 4.55. The van der Waals surface area contributed by atoms with Gasteiger partial charge in [-0.25, -0.2) is 0 Å². The molecule has 1 aliphatic rings. The molecule has 0 amide bonds. The molecular formula is C14H28O. The predicted octanol–water partition coefficient (Wildman–Crippen LogP) is 4.41. The van der Waals surface area contributed by atoms with Crippen molar-refractivity contribution in [2.75, 3.05) is 0 Å². The molecule has 0 radical (unpaired) electrons. The molecule has 0 heterocycles. The zero-order chi connectivity index (χ0) is 11.7. The van der Waals surface area contributed by atoms with Crippen LogP contribution in [0.2, 0.25) is 0 Å². The summed E-state index contributed by atoms with van der Waals surface area (Å²) in [5.41, 5.74) is 0.527. The van der Waals surface area contributed by atoms with E-state index in [0.29, 0.717) is 11.5 Å². The molecule has 0 aromatic heterocycles. The van der Waals surface area contributed by atoms with Crippen molar-refractivity contribution in [2.45, 2.75) is 78.9 Å². The molecule has 0 N–H and O–H groups in total. The van der Waals surface area contributed by atoms with Crippen LogP contribution in [-0.2, 0) is 4.74 Å². The Hall–Kier alpha value is -0.0400. The smallest absolute Gasteiger partial charge is 0.0602 e. The van der Waals surface area contributed by atoms with E-state index in [1.807, 2.05) is 0 Å². The summed E-state index contributed by atoms with van der Waals surface area (Å²) in [5.74, 6) is 0.757. The van der Waals surface area contributed by atoms with Crippen molar-refractivity contribution >= 4 is 0 Å². The maximum atomic E-state index is 6.07. The van der Waals surface area contributed by atoms with Crippen LogP contribution in [0.4, 0.5) is 0 Å². The van der Waals surface area contributed by atoms with Gasteiger partial charge in [-0.15, -0.1) is 0 Å². The predicted molar refractivity (Wildman–Crippen MR) is 66.0 cm³/mol.